The number of nitrogens with zero attached hydrogens (tertiary/aromatic N) is 1. The van der Waals surface area contributed by atoms with E-state index in [1.165, 1.54) is 30.2 Å². The Hall–Kier alpha value is -3.88. The van der Waals surface area contributed by atoms with Gasteiger partial charge in [-0.15, -0.1) is 0 Å². The zero-order chi connectivity index (χ0) is 23.5. The molecule has 2 aromatic carbocycles. The van der Waals surface area contributed by atoms with E-state index in [0.29, 0.717) is 23.6 Å². The Kier molecular flexibility index (Phi) is 9.22. The van der Waals surface area contributed by atoms with Crippen molar-refractivity contribution < 1.29 is 28.2 Å². The number of benzene rings is 2. The number of nitrogens with two attached hydrogens (primary N) is 1. The van der Waals surface area contributed by atoms with Crippen LogP contribution in [0.25, 0.3) is 6.08 Å². The monoisotopic (exact) mass is 443 g/mol. The van der Waals surface area contributed by atoms with E-state index in [4.69, 9.17) is 15.2 Å². The van der Waals surface area contributed by atoms with Crippen molar-refractivity contribution in [2.75, 3.05) is 26.8 Å². The quantitative estimate of drug-likeness (QED) is 0.515. The number of rotatable bonds is 11. The van der Waals surface area contributed by atoms with E-state index in [2.05, 4.69) is 5.32 Å². The fourth-order valence-electron chi connectivity index (χ4n) is 2.71. The molecular formula is C23H26FN3O5. The summed E-state index contributed by atoms with van der Waals surface area (Å²) in [5.74, 6) is -0.882. The molecule has 0 spiro atoms. The molecule has 0 unspecified atom stereocenters. The lowest BCUT2D eigenvalue weighted by Crippen LogP contribution is -2.39. The fourth-order valence-corrected chi connectivity index (χ4v) is 2.71. The molecule has 0 fully saturated rings. The molecule has 0 saturated carbocycles. The van der Waals surface area contributed by atoms with Gasteiger partial charge in [0.1, 0.15) is 5.82 Å². The lowest BCUT2D eigenvalue weighted by molar-refractivity contribution is -0.132. The molecule has 0 heterocycles. The van der Waals surface area contributed by atoms with Gasteiger partial charge >= 0.3 is 0 Å². The molecule has 0 saturated heterocycles. The molecule has 0 aromatic heterocycles. The molecule has 9 heteroatoms. The molecule has 3 amide bonds. The Balaban J connectivity index is 1.94. The summed E-state index contributed by atoms with van der Waals surface area (Å²) in [5.41, 5.74) is 6.49. The average molecular weight is 443 g/mol. The normalized spacial score (nSPS) is 10.6. The van der Waals surface area contributed by atoms with E-state index < -0.39 is 5.91 Å². The van der Waals surface area contributed by atoms with Crippen LogP contribution in [0.15, 0.2) is 48.5 Å². The number of carbonyl (C=O) groups is 3. The number of halogens is 1. The van der Waals surface area contributed by atoms with Crippen molar-refractivity contribution in [2.24, 2.45) is 5.73 Å². The average Bonchev–Trinajstić information content (AvgIpc) is 2.79. The van der Waals surface area contributed by atoms with Crippen LogP contribution in [-0.4, -0.2) is 49.4 Å². The van der Waals surface area contributed by atoms with E-state index in [9.17, 15) is 18.8 Å². The molecule has 2 aromatic rings. The highest BCUT2D eigenvalue weighted by molar-refractivity contribution is 5.94. The number of methoxy groups -OCH3 is 1. The maximum Gasteiger partial charge on any atom is 0.255 e. The molecule has 0 radical (unpaired) electrons. The van der Waals surface area contributed by atoms with Crippen molar-refractivity contribution in [3.8, 4) is 11.5 Å². The third kappa shape index (κ3) is 7.75. The number of carbonyl (C=O) groups excluding carboxylic acids is 3. The minimum absolute atomic E-state index is 0.107. The highest BCUT2D eigenvalue weighted by atomic mass is 19.1. The number of nitrogens with one attached hydrogen (secondary N) is 1. The summed E-state index contributed by atoms with van der Waals surface area (Å²) in [6.07, 6.45) is 2.94. The first kappa shape index (κ1) is 24.4. The van der Waals surface area contributed by atoms with Gasteiger partial charge in [-0.05, 0) is 48.4 Å². The molecule has 0 bridgehead atoms. The molecule has 170 valence electrons. The van der Waals surface area contributed by atoms with Crippen LogP contribution < -0.4 is 20.5 Å². The standard InChI is InChI=1S/C23H26FN3O5/c1-3-27(14-22(29)26-13-17-4-8-18(24)9-5-17)23(30)11-7-16-6-10-19(20(12-16)31-2)32-15-21(25)28/h4-12H,3,13-15H2,1-2H3,(H2,25,28)(H,26,29). The summed E-state index contributed by atoms with van der Waals surface area (Å²) < 4.78 is 23.4. The Labute approximate surface area is 185 Å². The topological polar surface area (TPSA) is 111 Å². The highest BCUT2D eigenvalue weighted by Crippen LogP contribution is 2.28. The van der Waals surface area contributed by atoms with E-state index in [1.807, 2.05) is 0 Å². The first-order valence-electron chi connectivity index (χ1n) is 9.89. The second kappa shape index (κ2) is 12.1. The van der Waals surface area contributed by atoms with Crippen molar-refractivity contribution in [1.82, 2.24) is 10.2 Å². The Bertz CT molecular complexity index is 976. The van der Waals surface area contributed by atoms with Crippen molar-refractivity contribution >= 4 is 23.8 Å². The van der Waals surface area contributed by atoms with Crippen LogP contribution in [0.3, 0.4) is 0 Å². The van der Waals surface area contributed by atoms with Gasteiger partial charge < -0.3 is 25.4 Å². The lowest BCUT2D eigenvalue weighted by Gasteiger charge is -2.18. The third-order valence-corrected chi connectivity index (χ3v) is 4.41. The predicted octanol–water partition coefficient (Wildman–Crippen LogP) is 1.88. The summed E-state index contributed by atoms with van der Waals surface area (Å²) in [5, 5.41) is 2.71. The molecule has 8 nitrogen and oxygen atoms in total. The van der Waals surface area contributed by atoms with Crippen molar-refractivity contribution in [2.45, 2.75) is 13.5 Å². The third-order valence-electron chi connectivity index (χ3n) is 4.41. The van der Waals surface area contributed by atoms with E-state index in [0.717, 1.165) is 5.56 Å². The largest absolute Gasteiger partial charge is 0.493 e. The highest BCUT2D eigenvalue weighted by Gasteiger charge is 2.13. The van der Waals surface area contributed by atoms with E-state index in [1.54, 1.807) is 43.3 Å². The molecule has 32 heavy (non-hydrogen) atoms. The molecule has 0 atom stereocenters. The van der Waals surface area contributed by atoms with Crippen LogP contribution in [0.2, 0.25) is 0 Å². The Morgan fingerprint density at radius 2 is 1.84 bits per heavy atom. The summed E-state index contributed by atoms with van der Waals surface area (Å²) >= 11 is 0. The van der Waals surface area contributed by atoms with Gasteiger partial charge in [-0.25, -0.2) is 4.39 Å². The Morgan fingerprint density at radius 3 is 2.47 bits per heavy atom. The van der Waals surface area contributed by atoms with Gasteiger partial charge in [0, 0.05) is 19.2 Å². The van der Waals surface area contributed by atoms with E-state index in [-0.39, 0.29) is 37.3 Å². The van der Waals surface area contributed by atoms with Gasteiger partial charge in [-0.2, -0.15) is 0 Å². The smallest absolute Gasteiger partial charge is 0.255 e. The second-order valence-electron chi connectivity index (χ2n) is 6.75. The number of likely N-dealkylation sites (N-methyl/N-ethyl adjacent to an activating group) is 1. The second-order valence-corrected chi connectivity index (χ2v) is 6.75. The van der Waals surface area contributed by atoms with Gasteiger partial charge in [0.15, 0.2) is 18.1 Å². The van der Waals surface area contributed by atoms with Gasteiger partial charge in [-0.3, -0.25) is 14.4 Å². The van der Waals surface area contributed by atoms with Crippen molar-refractivity contribution in [3.05, 3.63) is 65.5 Å². The number of hydrogen-bond acceptors (Lipinski definition) is 5. The minimum Gasteiger partial charge on any atom is -0.493 e. The summed E-state index contributed by atoms with van der Waals surface area (Å²) in [4.78, 5) is 37.0. The Morgan fingerprint density at radius 1 is 1.12 bits per heavy atom. The van der Waals surface area contributed by atoms with Gasteiger partial charge in [-0.1, -0.05) is 18.2 Å². The molecule has 0 aliphatic rings. The lowest BCUT2D eigenvalue weighted by atomic mass is 10.2. The van der Waals surface area contributed by atoms with Crippen molar-refractivity contribution in [1.29, 1.82) is 0 Å². The summed E-state index contributed by atoms with van der Waals surface area (Å²) in [6.45, 7) is 1.97. The summed E-state index contributed by atoms with van der Waals surface area (Å²) in [7, 11) is 1.45. The maximum absolute atomic E-state index is 12.9. The number of primary amides is 1. The van der Waals surface area contributed by atoms with Crippen LogP contribution in [0.1, 0.15) is 18.1 Å². The van der Waals surface area contributed by atoms with Crippen LogP contribution in [0.5, 0.6) is 11.5 Å². The van der Waals surface area contributed by atoms with E-state index >= 15 is 0 Å². The van der Waals surface area contributed by atoms with Gasteiger partial charge in [0.2, 0.25) is 11.8 Å². The number of hydrogen-bond donors (Lipinski definition) is 2. The predicted molar refractivity (Wildman–Crippen MR) is 117 cm³/mol. The maximum atomic E-state index is 12.9. The SMILES string of the molecule is CCN(CC(=O)NCc1ccc(F)cc1)C(=O)C=Cc1ccc(OCC(N)=O)c(OC)c1. The van der Waals surface area contributed by atoms with Crippen LogP contribution in [-0.2, 0) is 20.9 Å². The number of amides is 3. The molecule has 0 aliphatic carbocycles. The van der Waals surface area contributed by atoms with Crippen LogP contribution in [0.4, 0.5) is 4.39 Å². The molecular weight excluding hydrogens is 417 g/mol. The van der Waals surface area contributed by atoms with Crippen molar-refractivity contribution in [3.63, 3.8) is 0 Å². The first-order valence-corrected chi connectivity index (χ1v) is 9.89. The molecule has 3 N–H and O–H groups in total. The van der Waals surface area contributed by atoms with Crippen LogP contribution >= 0.6 is 0 Å². The number of ether oxygens (including phenoxy) is 2. The molecule has 2 rings (SSSR count). The minimum atomic E-state index is -0.608. The first-order chi connectivity index (χ1) is 15.3. The fraction of sp³-hybridized carbons (Fsp3) is 0.261. The van der Waals surface area contributed by atoms with Gasteiger partial charge in [0.05, 0.1) is 13.7 Å². The molecule has 0 aliphatic heterocycles. The van der Waals surface area contributed by atoms with Crippen LogP contribution in [0, 0.1) is 5.82 Å². The van der Waals surface area contributed by atoms with Gasteiger partial charge in [0.25, 0.3) is 5.91 Å². The zero-order valence-corrected chi connectivity index (χ0v) is 18.0. The zero-order valence-electron chi connectivity index (χ0n) is 18.0. The summed E-state index contributed by atoms with van der Waals surface area (Å²) in [6, 6.07) is 10.7.